The Kier molecular flexibility index (Phi) is 5.19. The van der Waals surface area contributed by atoms with Crippen molar-refractivity contribution in [3.63, 3.8) is 0 Å². The van der Waals surface area contributed by atoms with Gasteiger partial charge in [-0.3, -0.25) is 4.79 Å². The van der Waals surface area contributed by atoms with Crippen molar-refractivity contribution in [2.45, 2.75) is 0 Å². The predicted molar refractivity (Wildman–Crippen MR) is 97.5 cm³/mol. The number of carbonyl (C=O) groups excluding carboxylic acids is 2. The zero-order chi connectivity index (χ0) is 18.4. The number of esters is 1. The summed E-state index contributed by atoms with van der Waals surface area (Å²) < 4.78 is 4.66. The van der Waals surface area contributed by atoms with Crippen molar-refractivity contribution in [1.29, 1.82) is 0 Å². The molecule has 1 aromatic heterocycles. The molecule has 2 aromatic carbocycles. The zero-order valence-electron chi connectivity index (χ0n) is 14.0. The average Bonchev–Trinajstić information content (AvgIpc) is 2.69. The fraction of sp³-hybridized carbons (Fsp3) is 0.0526. The van der Waals surface area contributed by atoms with Crippen LogP contribution in [-0.2, 0) is 4.74 Å². The van der Waals surface area contributed by atoms with E-state index in [1.165, 1.54) is 13.4 Å². The first-order valence-corrected chi connectivity index (χ1v) is 7.79. The Morgan fingerprint density at radius 1 is 0.923 bits per heavy atom. The van der Waals surface area contributed by atoms with E-state index in [1.807, 2.05) is 18.2 Å². The van der Waals surface area contributed by atoms with Crippen molar-refractivity contribution in [1.82, 2.24) is 9.97 Å². The minimum Gasteiger partial charge on any atom is -0.465 e. The largest absolute Gasteiger partial charge is 0.465 e. The van der Waals surface area contributed by atoms with Crippen molar-refractivity contribution >= 4 is 29.1 Å². The van der Waals surface area contributed by atoms with E-state index in [4.69, 9.17) is 0 Å². The molecule has 0 saturated heterocycles. The Morgan fingerprint density at radius 2 is 1.65 bits per heavy atom. The Balaban J connectivity index is 1.71. The molecule has 3 aromatic rings. The molecule has 0 aliphatic rings. The third kappa shape index (κ3) is 4.21. The molecule has 7 heteroatoms. The van der Waals surface area contributed by atoms with Crippen molar-refractivity contribution in [2.24, 2.45) is 0 Å². The third-order valence-corrected chi connectivity index (χ3v) is 3.51. The lowest BCUT2D eigenvalue weighted by atomic mass is 10.2. The summed E-state index contributed by atoms with van der Waals surface area (Å²) in [5, 5.41) is 5.83. The average molecular weight is 348 g/mol. The Bertz CT molecular complexity index is 912. The number of ether oxygens (including phenoxy) is 1. The van der Waals surface area contributed by atoms with E-state index in [0.29, 0.717) is 22.8 Å². The van der Waals surface area contributed by atoms with E-state index in [0.717, 1.165) is 0 Å². The van der Waals surface area contributed by atoms with Crippen LogP contribution in [0.2, 0.25) is 0 Å². The lowest BCUT2D eigenvalue weighted by Crippen LogP contribution is -2.14. The van der Waals surface area contributed by atoms with Crippen LogP contribution < -0.4 is 10.6 Å². The number of nitrogens with one attached hydrogen (secondary N) is 2. The first kappa shape index (κ1) is 17.1. The molecule has 0 radical (unpaired) electrons. The van der Waals surface area contributed by atoms with Gasteiger partial charge >= 0.3 is 5.97 Å². The number of nitrogens with zero attached hydrogens (tertiary/aromatic N) is 2. The summed E-state index contributed by atoms with van der Waals surface area (Å²) in [6.45, 7) is 0. The smallest absolute Gasteiger partial charge is 0.337 e. The number of benzene rings is 2. The molecule has 0 atom stereocenters. The molecule has 0 fully saturated rings. The molecule has 0 aliphatic carbocycles. The minimum atomic E-state index is -0.404. The number of hydrogen-bond acceptors (Lipinski definition) is 6. The van der Waals surface area contributed by atoms with Gasteiger partial charge in [0.25, 0.3) is 5.91 Å². The summed E-state index contributed by atoms with van der Waals surface area (Å²) in [5.74, 6) is -0.273. The minimum absolute atomic E-state index is 0.234. The van der Waals surface area contributed by atoms with Gasteiger partial charge in [0, 0.05) is 17.4 Å². The maximum Gasteiger partial charge on any atom is 0.337 e. The van der Waals surface area contributed by atoms with Crippen LogP contribution >= 0.6 is 0 Å². The molecular weight excluding hydrogens is 332 g/mol. The van der Waals surface area contributed by atoms with E-state index in [9.17, 15) is 9.59 Å². The van der Waals surface area contributed by atoms with Crippen LogP contribution in [0.3, 0.4) is 0 Å². The lowest BCUT2D eigenvalue weighted by Gasteiger charge is -2.08. The molecule has 7 nitrogen and oxygen atoms in total. The number of amides is 1. The highest BCUT2D eigenvalue weighted by Gasteiger charge is 2.10. The second kappa shape index (κ2) is 7.89. The highest BCUT2D eigenvalue weighted by molar-refractivity contribution is 6.03. The Hall–Kier alpha value is -3.74. The van der Waals surface area contributed by atoms with Gasteiger partial charge in [-0.15, -0.1) is 0 Å². The number of methoxy groups -OCH3 is 1. The molecule has 0 aliphatic heterocycles. The van der Waals surface area contributed by atoms with E-state index in [1.54, 1.807) is 42.5 Å². The second-order valence-electron chi connectivity index (χ2n) is 5.30. The molecule has 130 valence electrons. The van der Waals surface area contributed by atoms with Gasteiger partial charge < -0.3 is 15.4 Å². The topological polar surface area (TPSA) is 93.2 Å². The van der Waals surface area contributed by atoms with Crippen LogP contribution in [0, 0.1) is 0 Å². The van der Waals surface area contributed by atoms with Crippen molar-refractivity contribution in [3.8, 4) is 0 Å². The summed E-state index contributed by atoms with van der Waals surface area (Å²) >= 11 is 0. The van der Waals surface area contributed by atoms with Crippen molar-refractivity contribution in [3.05, 3.63) is 78.2 Å². The van der Waals surface area contributed by atoms with Gasteiger partial charge in [-0.25, -0.2) is 14.8 Å². The molecule has 0 bridgehead atoms. The molecule has 1 amide bonds. The quantitative estimate of drug-likeness (QED) is 0.688. The van der Waals surface area contributed by atoms with Crippen LogP contribution in [-0.4, -0.2) is 29.0 Å². The molecule has 26 heavy (non-hydrogen) atoms. The molecule has 2 N–H and O–H groups in total. The number of rotatable bonds is 5. The van der Waals surface area contributed by atoms with Gasteiger partial charge in [0.1, 0.15) is 17.8 Å². The SMILES string of the molecule is COC(=O)c1ccc(Nc2cc(C(=O)Nc3ccccc3)ncn2)cc1. The standard InChI is InChI=1S/C19H16N4O3/c1-26-19(25)13-7-9-15(10-8-13)22-17-11-16(20-12-21-17)18(24)23-14-5-3-2-4-6-14/h2-12H,1H3,(H,23,24)(H,20,21,22). The number of carbonyl (C=O) groups is 2. The van der Waals surface area contributed by atoms with Gasteiger partial charge in [-0.2, -0.15) is 0 Å². The van der Waals surface area contributed by atoms with Crippen LogP contribution in [0.15, 0.2) is 67.0 Å². The second-order valence-corrected chi connectivity index (χ2v) is 5.30. The first-order chi connectivity index (χ1) is 12.7. The van der Waals surface area contributed by atoms with Gasteiger partial charge in [0.15, 0.2) is 0 Å². The van der Waals surface area contributed by atoms with E-state index >= 15 is 0 Å². The van der Waals surface area contributed by atoms with Gasteiger partial charge in [-0.1, -0.05) is 18.2 Å². The first-order valence-electron chi connectivity index (χ1n) is 7.79. The molecule has 0 unspecified atom stereocenters. The molecular formula is C19H16N4O3. The normalized spacial score (nSPS) is 10.0. The number of para-hydroxylation sites is 1. The van der Waals surface area contributed by atoms with E-state index < -0.39 is 5.97 Å². The maximum absolute atomic E-state index is 12.3. The monoisotopic (exact) mass is 348 g/mol. The van der Waals surface area contributed by atoms with E-state index in [-0.39, 0.29) is 11.6 Å². The van der Waals surface area contributed by atoms with Gasteiger partial charge in [0.05, 0.1) is 12.7 Å². The summed E-state index contributed by atoms with van der Waals surface area (Å²) in [5.41, 5.74) is 2.08. The van der Waals surface area contributed by atoms with Crippen LogP contribution in [0.4, 0.5) is 17.2 Å². The summed E-state index contributed by atoms with van der Waals surface area (Å²) in [6.07, 6.45) is 1.31. The number of anilines is 3. The Morgan fingerprint density at radius 3 is 2.35 bits per heavy atom. The van der Waals surface area contributed by atoms with Crippen molar-refractivity contribution < 1.29 is 14.3 Å². The van der Waals surface area contributed by atoms with Gasteiger partial charge in [-0.05, 0) is 36.4 Å². The maximum atomic E-state index is 12.3. The van der Waals surface area contributed by atoms with Crippen LogP contribution in [0.25, 0.3) is 0 Å². The fourth-order valence-corrected chi connectivity index (χ4v) is 2.22. The Labute approximate surface area is 150 Å². The zero-order valence-corrected chi connectivity index (χ0v) is 14.0. The summed E-state index contributed by atoms with van der Waals surface area (Å²) in [6, 6.07) is 17.4. The fourth-order valence-electron chi connectivity index (χ4n) is 2.22. The molecule has 0 spiro atoms. The number of hydrogen-bond donors (Lipinski definition) is 2. The number of aromatic nitrogens is 2. The predicted octanol–water partition coefficient (Wildman–Crippen LogP) is 3.26. The highest BCUT2D eigenvalue weighted by atomic mass is 16.5. The highest BCUT2D eigenvalue weighted by Crippen LogP contribution is 2.16. The van der Waals surface area contributed by atoms with Crippen LogP contribution in [0.5, 0.6) is 0 Å². The third-order valence-electron chi connectivity index (χ3n) is 3.51. The lowest BCUT2D eigenvalue weighted by molar-refractivity contribution is 0.0600. The molecule has 3 rings (SSSR count). The van der Waals surface area contributed by atoms with Crippen LogP contribution in [0.1, 0.15) is 20.8 Å². The summed E-state index contributed by atoms with van der Waals surface area (Å²) in [4.78, 5) is 31.8. The van der Waals surface area contributed by atoms with Gasteiger partial charge in [0.2, 0.25) is 0 Å². The van der Waals surface area contributed by atoms with Crippen molar-refractivity contribution in [2.75, 3.05) is 17.7 Å². The molecule has 0 saturated carbocycles. The molecule has 1 heterocycles. The van der Waals surface area contributed by atoms with E-state index in [2.05, 4.69) is 25.3 Å². The summed E-state index contributed by atoms with van der Waals surface area (Å²) in [7, 11) is 1.33.